The lowest BCUT2D eigenvalue weighted by Crippen LogP contribution is -2.42. The van der Waals surface area contributed by atoms with Crippen LogP contribution in [0.5, 0.6) is 0 Å². The van der Waals surface area contributed by atoms with Crippen LogP contribution in [0.25, 0.3) is 0 Å². The molecule has 0 rings (SSSR count). The third-order valence-electron chi connectivity index (χ3n) is 2.48. The first kappa shape index (κ1) is 14.9. The third-order valence-corrected chi connectivity index (χ3v) is 4.37. The Morgan fingerprint density at radius 2 is 1.87 bits per heavy atom. The van der Waals surface area contributed by atoms with E-state index in [-0.39, 0.29) is 11.3 Å². The molecule has 0 aliphatic heterocycles. The highest BCUT2D eigenvalue weighted by Gasteiger charge is 2.22. The maximum atomic E-state index is 11.8. The first-order chi connectivity index (χ1) is 6.97. The molecule has 0 aromatic carbocycles. The quantitative estimate of drug-likeness (QED) is 0.663. The Labute approximate surface area is 93.9 Å². The van der Waals surface area contributed by atoms with Crippen molar-refractivity contribution >= 4 is 10.0 Å². The Morgan fingerprint density at radius 1 is 1.27 bits per heavy atom. The summed E-state index contributed by atoms with van der Waals surface area (Å²) in [5, 5.41) is 2.50. The highest BCUT2D eigenvalue weighted by atomic mass is 32.2. The predicted octanol–water partition coefficient (Wildman–Crippen LogP) is 1.09. The largest absolute Gasteiger partial charge is 0.318 e. The molecule has 0 aromatic heterocycles. The topological polar surface area (TPSA) is 58.2 Å². The standard InChI is InChI=1S/C10H24N2O2S/c1-5-7-10(6-2)12-15(13,14)9(3)8-11-4/h9-12H,5-8H2,1-4H3. The summed E-state index contributed by atoms with van der Waals surface area (Å²) in [7, 11) is -1.41. The molecule has 0 radical (unpaired) electrons. The summed E-state index contributed by atoms with van der Waals surface area (Å²) >= 11 is 0. The fourth-order valence-electron chi connectivity index (χ4n) is 1.44. The van der Waals surface area contributed by atoms with Crippen LogP contribution in [0.4, 0.5) is 0 Å². The van der Waals surface area contributed by atoms with Gasteiger partial charge in [-0.1, -0.05) is 20.3 Å². The summed E-state index contributed by atoms with van der Waals surface area (Å²) in [6, 6.07) is 0.0827. The fourth-order valence-corrected chi connectivity index (χ4v) is 2.81. The van der Waals surface area contributed by atoms with Crippen LogP contribution in [-0.2, 0) is 10.0 Å². The Balaban J connectivity index is 4.33. The molecule has 5 heteroatoms. The maximum absolute atomic E-state index is 11.8. The van der Waals surface area contributed by atoms with Crippen molar-refractivity contribution in [3.05, 3.63) is 0 Å². The first-order valence-corrected chi connectivity index (χ1v) is 7.18. The van der Waals surface area contributed by atoms with Gasteiger partial charge in [-0.15, -0.1) is 0 Å². The minimum atomic E-state index is -3.17. The summed E-state index contributed by atoms with van der Waals surface area (Å²) in [4.78, 5) is 0. The number of nitrogens with one attached hydrogen (secondary N) is 2. The molecule has 92 valence electrons. The normalized spacial score (nSPS) is 16.3. The summed E-state index contributed by atoms with van der Waals surface area (Å²) in [5.74, 6) is 0. The van der Waals surface area contributed by atoms with E-state index in [1.165, 1.54) is 0 Å². The van der Waals surface area contributed by atoms with Gasteiger partial charge in [0.05, 0.1) is 5.25 Å². The van der Waals surface area contributed by atoms with Gasteiger partial charge in [-0.3, -0.25) is 0 Å². The minimum absolute atomic E-state index is 0.0827. The van der Waals surface area contributed by atoms with E-state index >= 15 is 0 Å². The molecule has 0 aliphatic carbocycles. The van der Waals surface area contributed by atoms with Crippen LogP contribution >= 0.6 is 0 Å². The van der Waals surface area contributed by atoms with E-state index in [0.717, 1.165) is 19.3 Å². The van der Waals surface area contributed by atoms with Gasteiger partial charge in [0.1, 0.15) is 0 Å². The first-order valence-electron chi connectivity index (χ1n) is 5.63. The number of sulfonamides is 1. The number of hydrogen-bond donors (Lipinski definition) is 2. The highest BCUT2D eigenvalue weighted by Crippen LogP contribution is 2.06. The minimum Gasteiger partial charge on any atom is -0.318 e. The van der Waals surface area contributed by atoms with Crippen molar-refractivity contribution in [2.45, 2.75) is 51.3 Å². The van der Waals surface area contributed by atoms with E-state index in [1.54, 1.807) is 14.0 Å². The molecule has 0 aliphatic rings. The van der Waals surface area contributed by atoms with Crippen molar-refractivity contribution in [2.24, 2.45) is 0 Å². The molecule has 0 spiro atoms. The van der Waals surface area contributed by atoms with E-state index in [9.17, 15) is 8.42 Å². The maximum Gasteiger partial charge on any atom is 0.215 e. The number of hydrogen-bond acceptors (Lipinski definition) is 3. The van der Waals surface area contributed by atoms with Gasteiger partial charge in [-0.05, 0) is 26.8 Å². The molecule has 4 nitrogen and oxygen atoms in total. The van der Waals surface area contributed by atoms with Crippen LogP contribution in [0.3, 0.4) is 0 Å². The molecule has 0 bridgehead atoms. The van der Waals surface area contributed by atoms with Crippen LogP contribution in [0.1, 0.15) is 40.0 Å². The summed E-state index contributed by atoms with van der Waals surface area (Å²) in [6.07, 6.45) is 2.75. The monoisotopic (exact) mass is 236 g/mol. The van der Waals surface area contributed by atoms with Crippen molar-refractivity contribution in [1.82, 2.24) is 10.0 Å². The highest BCUT2D eigenvalue weighted by molar-refractivity contribution is 7.90. The van der Waals surface area contributed by atoms with Gasteiger partial charge in [-0.2, -0.15) is 0 Å². The zero-order chi connectivity index (χ0) is 11.9. The molecule has 0 saturated heterocycles. The molecule has 0 heterocycles. The van der Waals surface area contributed by atoms with E-state index in [4.69, 9.17) is 0 Å². The fraction of sp³-hybridized carbons (Fsp3) is 1.00. The van der Waals surface area contributed by atoms with Crippen molar-refractivity contribution in [1.29, 1.82) is 0 Å². The molecule has 2 atom stereocenters. The van der Waals surface area contributed by atoms with Crippen LogP contribution in [-0.4, -0.2) is 33.3 Å². The van der Waals surface area contributed by atoms with Gasteiger partial charge in [0.2, 0.25) is 10.0 Å². The van der Waals surface area contributed by atoms with Crippen molar-refractivity contribution < 1.29 is 8.42 Å². The number of rotatable bonds is 8. The van der Waals surface area contributed by atoms with Gasteiger partial charge >= 0.3 is 0 Å². The van der Waals surface area contributed by atoms with Crippen LogP contribution in [0.2, 0.25) is 0 Å². The lowest BCUT2D eigenvalue weighted by atomic mass is 10.1. The Hall–Kier alpha value is -0.130. The molecule has 0 saturated carbocycles. The average Bonchev–Trinajstić information content (AvgIpc) is 2.17. The van der Waals surface area contributed by atoms with E-state index < -0.39 is 10.0 Å². The van der Waals surface area contributed by atoms with Crippen LogP contribution < -0.4 is 10.0 Å². The zero-order valence-electron chi connectivity index (χ0n) is 10.2. The lowest BCUT2D eigenvalue weighted by Gasteiger charge is -2.19. The second-order valence-corrected chi connectivity index (χ2v) is 6.06. The summed E-state index contributed by atoms with van der Waals surface area (Å²) < 4.78 is 26.4. The smallest absolute Gasteiger partial charge is 0.215 e. The predicted molar refractivity (Wildman–Crippen MR) is 64.4 cm³/mol. The Kier molecular flexibility index (Phi) is 7.13. The van der Waals surface area contributed by atoms with Crippen molar-refractivity contribution in [2.75, 3.05) is 13.6 Å². The lowest BCUT2D eigenvalue weighted by molar-refractivity contribution is 0.504. The Bertz CT molecular complexity index is 252. The second-order valence-electron chi connectivity index (χ2n) is 3.93. The molecular weight excluding hydrogens is 212 g/mol. The van der Waals surface area contributed by atoms with Gasteiger partial charge in [0.15, 0.2) is 0 Å². The molecule has 2 unspecified atom stereocenters. The SMILES string of the molecule is CCCC(CC)NS(=O)(=O)C(C)CNC. The van der Waals surface area contributed by atoms with Crippen molar-refractivity contribution in [3.63, 3.8) is 0 Å². The zero-order valence-corrected chi connectivity index (χ0v) is 11.0. The molecule has 0 aromatic rings. The van der Waals surface area contributed by atoms with Gasteiger partial charge in [-0.25, -0.2) is 13.1 Å². The van der Waals surface area contributed by atoms with Gasteiger partial charge in [0, 0.05) is 12.6 Å². The summed E-state index contributed by atoms with van der Waals surface area (Å²) in [5.41, 5.74) is 0. The molecule has 0 fully saturated rings. The van der Waals surface area contributed by atoms with Crippen molar-refractivity contribution in [3.8, 4) is 0 Å². The van der Waals surface area contributed by atoms with Gasteiger partial charge < -0.3 is 5.32 Å². The molecule has 2 N–H and O–H groups in total. The van der Waals surface area contributed by atoms with Gasteiger partial charge in [0.25, 0.3) is 0 Å². The third kappa shape index (κ3) is 5.49. The Morgan fingerprint density at radius 3 is 2.27 bits per heavy atom. The van der Waals surface area contributed by atoms with E-state index in [2.05, 4.69) is 17.0 Å². The second kappa shape index (κ2) is 7.19. The average molecular weight is 236 g/mol. The molecular formula is C10H24N2O2S. The van der Waals surface area contributed by atoms with Crippen LogP contribution in [0.15, 0.2) is 0 Å². The summed E-state index contributed by atoms with van der Waals surface area (Å²) in [6.45, 7) is 6.27. The van der Waals surface area contributed by atoms with E-state index in [1.807, 2.05) is 6.92 Å². The van der Waals surface area contributed by atoms with Crippen LogP contribution in [0, 0.1) is 0 Å². The molecule has 15 heavy (non-hydrogen) atoms. The molecule has 0 amide bonds. The van der Waals surface area contributed by atoms with E-state index in [0.29, 0.717) is 6.54 Å².